The SMILES string of the molecule is CC1(C)OC(CO)C(CC(O)c2ccc(Cl)cc2CCOC2CCCCO2)O1. The van der Waals surface area contributed by atoms with Gasteiger partial charge in [0.2, 0.25) is 0 Å². The maximum atomic E-state index is 10.9. The summed E-state index contributed by atoms with van der Waals surface area (Å²) in [6.45, 7) is 4.71. The molecule has 6 nitrogen and oxygen atoms in total. The molecule has 1 aromatic carbocycles. The predicted molar refractivity (Wildman–Crippen MR) is 105 cm³/mol. The van der Waals surface area contributed by atoms with Gasteiger partial charge in [0.25, 0.3) is 0 Å². The van der Waals surface area contributed by atoms with Gasteiger partial charge < -0.3 is 29.2 Å². The molecule has 2 saturated heterocycles. The molecule has 4 atom stereocenters. The van der Waals surface area contributed by atoms with Gasteiger partial charge in [-0.15, -0.1) is 0 Å². The Labute approximate surface area is 171 Å². The van der Waals surface area contributed by atoms with E-state index in [9.17, 15) is 10.2 Å². The average molecular weight is 415 g/mol. The lowest BCUT2D eigenvalue weighted by molar-refractivity contribution is -0.161. The summed E-state index contributed by atoms with van der Waals surface area (Å²) in [6.07, 6.45) is 2.35. The highest BCUT2D eigenvalue weighted by molar-refractivity contribution is 6.30. The van der Waals surface area contributed by atoms with E-state index in [0.717, 1.165) is 37.0 Å². The smallest absolute Gasteiger partial charge is 0.163 e. The van der Waals surface area contributed by atoms with Crippen LogP contribution in [0.3, 0.4) is 0 Å². The lowest BCUT2D eigenvalue weighted by Crippen LogP contribution is -2.28. The number of halogens is 1. The van der Waals surface area contributed by atoms with Crippen LogP contribution in [0.15, 0.2) is 18.2 Å². The fourth-order valence-electron chi connectivity index (χ4n) is 3.87. The molecular formula is C21H31ClO6. The van der Waals surface area contributed by atoms with Crippen LogP contribution in [0, 0.1) is 0 Å². The van der Waals surface area contributed by atoms with E-state index in [0.29, 0.717) is 24.5 Å². The van der Waals surface area contributed by atoms with Gasteiger partial charge in [0, 0.05) is 18.1 Å². The number of rotatable bonds is 8. The third-order valence-electron chi connectivity index (χ3n) is 5.20. The molecule has 3 rings (SSSR count). The second kappa shape index (κ2) is 9.85. The van der Waals surface area contributed by atoms with E-state index in [1.807, 2.05) is 12.1 Å². The van der Waals surface area contributed by atoms with Gasteiger partial charge in [-0.2, -0.15) is 0 Å². The Hall–Kier alpha value is -0.730. The Bertz CT molecular complexity index is 631. The molecule has 0 amide bonds. The van der Waals surface area contributed by atoms with Crippen LogP contribution in [0.1, 0.15) is 56.8 Å². The van der Waals surface area contributed by atoms with Crippen molar-refractivity contribution >= 4 is 11.6 Å². The van der Waals surface area contributed by atoms with Crippen molar-refractivity contribution in [3.8, 4) is 0 Å². The van der Waals surface area contributed by atoms with Crippen LogP contribution < -0.4 is 0 Å². The molecule has 28 heavy (non-hydrogen) atoms. The van der Waals surface area contributed by atoms with Crippen LogP contribution in [-0.2, 0) is 25.4 Å². The standard InChI is InChI=1S/C21H31ClO6/c1-21(2)27-18(19(13-23)28-21)12-17(24)16-7-6-15(22)11-14(16)8-10-26-20-5-3-4-9-25-20/h6-7,11,17-20,23-24H,3-5,8-10,12-13H2,1-2H3. The minimum Gasteiger partial charge on any atom is -0.394 e. The molecule has 0 spiro atoms. The second-order valence-electron chi connectivity index (χ2n) is 7.91. The van der Waals surface area contributed by atoms with Crippen LogP contribution in [-0.4, -0.2) is 54.3 Å². The van der Waals surface area contributed by atoms with Crippen molar-refractivity contribution in [1.82, 2.24) is 0 Å². The molecule has 2 N–H and O–H groups in total. The third kappa shape index (κ3) is 5.89. The highest BCUT2D eigenvalue weighted by Crippen LogP contribution is 2.34. The molecule has 158 valence electrons. The first-order chi connectivity index (χ1) is 13.4. The first kappa shape index (κ1) is 22.0. The zero-order valence-corrected chi connectivity index (χ0v) is 17.4. The monoisotopic (exact) mass is 414 g/mol. The largest absolute Gasteiger partial charge is 0.394 e. The van der Waals surface area contributed by atoms with Gasteiger partial charge in [-0.25, -0.2) is 0 Å². The van der Waals surface area contributed by atoms with Crippen LogP contribution in [0.5, 0.6) is 0 Å². The normalized spacial score (nSPS) is 28.4. The zero-order chi connectivity index (χ0) is 20.1. The van der Waals surface area contributed by atoms with Crippen LogP contribution in [0.25, 0.3) is 0 Å². The third-order valence-corrected chi connectivity index (χ3v) is 5.43. The van der Waals surface area contributed by atoms with Crippen molar-refractivity contribution in [2.45, 2.75) is 76.3 Å². The minimum absolute atomic E-state index is 0.141. The van der Waals surface area contributed by atoms with E-state index in [4.69, 9.17) is 30.5 Å². The lowest BCUT2D eigenvalue weighted by Gasteiger charge is -2.24. The van der Waals surface area contributed by atoms with Gasteiger partial charge >= 0.3 is 0 Å². The van der Waals surface area contributed by atoms with E-state index < -0.39 is 18.0 Å². The van der Waals surface area contributed by atoms with Crippen LogP contribution >= 0.6 is 11.6 Å². The molecule has 2 aliphatic rings. The van der Waals surface area contributed by atoms with Crippen molar-refractivity contribution < 1.29 is 29.2 Å². The molecule has 0 aliphatic carbocycles. The van der Waals surface area contributed by atoms with Gasteiger partial charge in [-0.1, -0.05) is 17.7 Å². The quantitative estimate of drug-likeness (QED) is 0.679. The zero-order valence-electron chi connectivity index (χ0n) is 16.6. The molecule has 2 fully saturated rings. The molecule has 0 saturated carbocycles. The summed E-state index contributed by atoms with van der Waals surface area (Å²) in [4.78, 5) is 0. The Balaban J connectivity index is 1.62. The maximum Gasteiger partial charge on any atom is 0.163 e. The Kier molecular flexibility index (Phi) is 7.73. The van der Waals surface area contributed by atoms with Crippen molar-refractivity contribution in [3.05, 3.63) is 34.3 Å². The summed E-state index contributed by atoms with van der Waals surface area (Å²) >= 11 is 6.18. The fraction of sp³-hybridized carbons (Fsp3) is 0.714. The molecule has 0 radical (unpaired) electrons. The van der Waals surface area contributed by atoms with E-state index in [2.05, 4.69) is 0 Å². The topological polar surface area (TPSA) is 77.4 Å². The summed E-state index contributed by atoms with van der Waals surface area (Å²) < 4.78 is 23.0. The number of hydrogen-bond donors (Lipinski definition) is 2. The highest BCUT2D eigenvalue weighted by Gasteiger charge is 2.41. The number of hydrogen-bond acceptors (Lipinski definition) is 6. The molecule has 1 aromatic rings. The average Bonchev–Trinajstić information content (AvgIpc) is 2.96. The van der Waals surface area contributed by atoms with Crippen molar-refractivity contribution in [2.75, 3.05) is 19.8 Å². The Morgan fingerprint density at radius 2 is 2.04 bits per heavy atom. The molecular weight excluding hydrogens is 384 g/mol. The predicted octanol–water partition coefficient (Wildman–Crippen LogP) is 3.36. The summed E-state index contributed by atoms with van der Waals surface area (Å²) in [5.74, 6) is -0.769. The molecule has 4 unspecified atom stereocenters. The molecule has 0 aromatic heterocycles. The van der Waals surface area contributed by atoms with Crippen molar-refractivity contribution in [3.63, 3.8) is 0 Å². The summed E-state index contributed by atoms with van der Waals surface area (Å²) in [5, 5.41) is 21.0. The molecule has 0 bridgehead atoms. The van der Waals surface area contributed by atoms with Gasteiger partial charge in [-0.3, -0.25) is 0 Å². The Morgan fingerprint density at radius 3 is 2.75 bits per heavy atom. The first-order valence-electron chi connectivity index (χ1n) is 10.0. The summed E-state index contributed by atoms with van der Waals surface area (Å²) in [5.41, 5.74) is 1.73. The fourth-order valence-corrected chi connectivity index (χ4v) is 4.06. The van der Waals surface area contributed by atoms with E-state index in [1.54, 1.807) is 19.9 Å². The van der Waals surface area contributed by atoms with Crippen LogP contribution in [0.4, 0.5) is 0 Å². The lowest BCUT2D eigenvalue weighted by atomic mass is 9.95. The highest BCUT2D eigenvalue weighted by atomic mass is 35.5. The van der Waals surface area contributed by atoms with Crippen molar-refractivity contribution in [2.24, 2.45) is 0 Å². The summed E-state index contributed by atoms with van der Waals surface area (Å²) in [7, 11) is 0. The van der Waals surface area contributed by atoms with E-state index >= 15 is 0 Å². The molecule has 7 heteroatoms. The minimum atomic E-state index is -0.769. The molecule has 2 aliphatic heterocycles. The second-order valence-corrected chi connectivity index (χ2v) is 8.34. The van der Waals surface area contributed by atoms with Gasteiger partial charge in [-0.05, 0) is 62.8 Å². The number of aliphatic hydroxyl groups excluding tert-OH is 2. The summed E-state index contributed by atoms with van der Waals surface area (Å²) in [6, 6.07) is 5.48. The van der Waals surface area contributed by atoms with E-state index in [1.165, 1.54) is 0 Å². The first-order valence-corrected chi connectivity index (χ1v) is 10.4. The number of ether oxygens (including phenoxy) is 4. The number of benzene rings is 1. The van der Waals surface area contributed by atoms with E-state index in [-0.39, 0.29) is 19.0 Å². The van der Waals surface area contributed by atoms with Gasteiger partial charge in [0.15, 0.2) is 12.1 Å². The molecule has 2 heterocycles. The number of aliphatic hydroxyl groups is 2. The van der Waals surface area contributed by atoms with Gasteiger partial charge in [0.05, 0.1) is 25.4 Å². The maximum absolute atomic E-state index is 10.9. The van der Waals surface area contributed by atoms with Crippen LogP contribution in [0.2, 0.25) is 5.02 Å². The Morgan fingerprint density at radius 1 is 1.25 bits per heavy atom. The van der Waals surface area contributed by atoms with Gasteiger partial charge in [0.1, 0.15) is 6.10 Å². The van der Waals surface area contributed by atoms with Crippen molar-refractivity contribution in [1.29, 1.82) is 0 Å².